The molecule has 1 fully saturated rings. The van der Waals surface area contributed by atoms with Crippen LogP contribution < -0.4 is 0 Å². The van der Waals surface area contributed by atoms with Gasteiger partial charge in [-0.3, -0.25) is 4.90 Å². The highest BCUT2D eigenvalue weighted by Crippen LogP contribution is 2.40. The predicted molar refractivity (Wildman–Crippen MR) is 99.8 cm³/mol. The molecule has 25 heavy (non-hydrogen) atoms. The van der Waals surface area contributed by atoms with E-state index in [4.69, 9.17) is 16.7 Å². The van der Waals surface area contributed by atoms with Gasteiger partial charge in [0.2, 0.25) is 0 Å². The molecule has 1 N–H and O–H groups in total. The molecule has 0 spiro atoms. The molecule has 0 aliphatic carbocycles. The van der Waals surface area contributed by atoms with Crippen LogP contribution in [0.4, 0.5) is 0 Å². The van der Waals surface area contributed by atoms with E-state index in [1.165, 1.54) is 24.0 Å². The lowest BCUT2D eigenvalue weighted by Gasteiger charge is -2.34. The Morgan fingerprint density at radius 3 is 2.64 bits per heavy atom. The summed E-state index contributed by atoms with van der Waals surface area (Å²) in [4.78, 5) is 13.7. The van der Waals surface area contributed by atoms with E-state index >= 15 is 0 Å². The van der Waals surface area contributed by atoms with E-state index in [1.807, 2.05) is 6.07 Å². The molecule has 0 saturated carbocycles. The molecule has 2 aromatic rings. The van der Waals surface area contributed by atoms with Crippen LogP contribution in [0.25, 0.3) is 5.57 Å². The molecular formula is C21H20ClNO2. The van der Waals surface area contributed by atoms with Gasteiger partial charge in [0.25, 0.3) is 0 Å². The Bertz CT molecular complexity index is 831. The van der Waals surface area contributed by atoms with Crippen LogP contribution in [0.2, 0.25) is 5.02 Å². The van der Waals surface area contributed by atoms with Gasteiger partial charge in [-0.05, 0) is 48.1 Å². The van der Waals surface area contributed by atoms with Gasteiger partial charge in [0.15, 0.2) is 0 Å². The number of hydrogen-bond acceptors (Lipinski definition) is 2. The fraction of sp³-hybridized carbons (Fsp3) is 0.286. The Hall–Kier alpha value is -2.10. The van der Waals surface area contributed by atoms with Gasteiger partial charge >= 0.3 is 5.97 Å². The molecule has 1 saturated heterocycles. The number of hydrogen-bond donors (Lipinski definition) is 1. The van der Waals surface area contributed by atoms with Crippen molar-refractivity contribution in [2.24, 2.45) is 0 Å². The van der Waals surface area contributed by atoms with E-state index in [0.29, 0.717) is 17.1 Å². The van der Waals surface area contributed by atoms with Crippen molar-refractivity contribution in [3.63, 3.8) is 0 Å². The lowest BCUT2D eigenvalue weighted by atomic mass is 9.93. The Kier molecular flexibility index (Phi) is 4.36. The molecule has 0 amide bonds. The maximum atomic E-state index is 11.1. The van der Waals surface area contributed by atoms with Gasteiger partial charge in [-0.15, -0.1) is 0 Å². The molecule has 2 bridgehead atoms. The first-order valence-corrected chi connectivity index (χ1v) is 9.03. The second kappa shape index (κ2) is 6.66. The molecular weight excluding hydrogens is 334 g/mol. The van der Waals surface area contributed by atoms with E-state index in [0.717, 1.165) is 18.5 Å². The van der Waals surface area contributed by atoms with Crippen molar-refractivity contribution in [3.8, 4) is 0 Å². The number of carboxylic acids is 1. The SMILES string of the molecule is O=C(O)c1ccc(C2=CC3CCC(C2)N3Cc2ccccc2)cc1Cl. The Balaban J connectivity index is 1.57. The zero-order chi connectivity index (χ0) is 17.4. The average Bonchev–Trinajstić information content (AvgIpc) is 2.83. The summed E-state index contributed by atoms with van der Waals surface area (Å²) in [5.41, 5.74) is 3.85. The van der Waals surface area contributed by atoms with Gasteiger partial charge in [-0.2, -0.15) is 0 Å². The molecule has 2 aliphatic heterocycles. The standard InChI is InChI=1S/C21H20ClNO2/c22-20-12-15(6-9-19(20)21(24)25)16-10-17-7-8-18(11-16)23(17)13-14-4-2-1-3-5-14/h1-6,9-10,12,17-18H,7-8,11,13H2,(H,24,25). The van der Waals surface area contributed by atoms with Gasteiger partial charge in [0, 0.05) is 18.6 Å². The first-order chi connectivity index (χ1) is 12.1. The van der Waals surface area contributed by atoms with E-state index in [1.54, 1.807) is 12.1 Å². The van der Waals surface area contributed by atoms with Crippen LogP contribution in [-0.4, -0.2) is 28.1 Å². The maximum Gasteiger partial charge on any atom is 0.337 e. The number of benzene rings is 2. The first-order valence-electron chi connectivity index (χ1n) is 8.65. The van der Waals surface area contributed by atoms with Crippen molar-refractivity contribution in [2.45, 2.75) is 37.9 Å². The molecule has 2 unspecified atom stereocenters. The summed E-state index contributed by atoms with van der Waals surface area (Å²) in [6, 6.07) is 16.9. The van der Waals surface area contributed by atoms with Gasteiger partial charge in [0.1, 0.15) is 0 Å². The minimum absolute atomic E-state index is 0.163. The minimum Gasteiger partial charge on any atom is -0.478 e. The summed E-state index contributed by atoms with van der Waals surface area (Å²) < 4.78 is 0. The topological polar surface area (TPSA) is 40.5 Å². The van der Waals surface area contributed by atoms with Gasteiger partial charge < -0.3 is 5.11 Å². The monoisotopic (exact) mass is 353 g/mol. The lowest BCUT2D eigenvalue weighted by Crippen LogP contribution is -2.37. The van der Waals surface area contributed by atoms with Crippen molar-refractivity contribution < 1.29 is 9.90 Å². The summed E-state index contributed by atoms with van der Waals surface area (Å²) in [6.45, 7) is 0.985. The summed E-state index contributed by atoms with van der Waals surface area (Å²) in [6.07, 6.45) is 5.73. The van der Waals surface area contributed by atoms with Gasteiger partial charge in [-0.1, -0.05) is 54.1 Å². The number of nitrogens with zero attached hydrogens (tertiary/aromatic N) is 1. The molecule has 2 aromatic carbocycles. The maximum absolute atomic E-state index is 11.1. The Morgan fingerprint density at radius 1 is 1.16 bits per heavy atom. The Morgan fingerprint density at radius 2 is 1.96 bits per heavy atom. The van der Waals surface area contributed by atoms with Crippen LogP contribution in [-0.2, 0) is 6.54 Å². The number of fused-ring (bicyclic) bond motifs is 2. The molecule has 3 nitrogen and oxygen atoms in total. The summed E-state index contributed by atoms with van der Waals surface area (Å²) in [5.74, 6) is -0.983. The van der Waals surface area contributed by atoms with Gasteiger partial charge in [-0.25, -0.2) is 4.79 Å². The quantitative estimate of drug-likeness (QED) is 0.853. The predicted octanol–water partition coefficient (Wildman–Crippen LogP) is 4.86. The van der Waals surface area contributed by atoms with E-state index in [2.05, 4.69) is 41.3 Å². The van der Waals surface area contributed by atoms with Crippen molar-refractivity contribution in [2.75, 3.05) is 0 Å². The molecule has 2 heterocycles. The van der Waals surface area contributed by atoms with Crippen LogP contribution in [0, 0.1) is 0 Å². The molecule has 4 rings (SSSR count). The number of aromatic carboxylic acids is 1. The summed E-state index contributed by atoms with van der Waals surface area (Å²) >= 11 is 6.15. The molecule has 2 atom stereocenters. The van der Waals surface area contributed by atoms with Crippen LogP contribution in [0.5, 0.6) is 0 Å². The molecule has 4 heteroatoms. The highest BCUT2D eigenvalue weighted by atomic mass is 35.5. The van der Waals surface area contributed by atoms with Crippen molar-refractivity contribution in [1.29, 1.82) is 0 Å². The third-order valence-corrected chi connectivity index (χ3v) is 5.63. The minimum atomic E-state index is -0.983. The summed E-state index contributed by atoms with van der Waals surface area (Å²) in [5, 5.41) is 9.44. The molecule has 0 aromatic heterocycles. The largest absolute Gasteiger partial charge is 0.478 e. The molecule has 2 aliphatic rings. The summed E-state index contributed by atoms with van der Waals surface area (Å²) in [7, 11) is 0. The normalized spacial score (nSPS) is 22.7. The lowest BCUT2D eigenvalue weighted by molar-refractivity contribution is 0.0697. The molecule has 0 radical (unpaired) electrons. The smallest absolute Gasteiger partial charge is 0.337 e. The van der Waals surface area contributed by atoms with Crippen molar-refractivity contribution >= 4 is 23.1 Å². The number of carboxylic acid groups (broad SMARTS) is 1. The van der Waals surface area contributed by atoms with Crippen LogP contribution in [0.3, 0.4) is 0 Å². The third kappa shape index (κ3) is 3.22. The van der Waals surface area contributed by atoms with Crippen molar-refractivity contribution in [1.82, 2.24) is 4.90 Å². The van der Waals surface area contributed by atoms with E-state index in [9.17, 15) is 4.79 Å². The first kappa shape index (κ1) is 16.4. The van der Waals surface area contributed by atoms with Crippen LogP contribution >= 0.6 is 11.6 Å². The fourth-order valence-electron chi connectivity index (χ4n) is 4.06. The second-order valence-electron chi connectivity index (χ2n) is 6.85. The zero-order valence-electron chi connectivity index (χ0n) is 13.9. The van der Waals surface area contributed by atoms with Crippen LogP contribution in [0.15, 0.2) is 54.6 Å². The average molecular weight is 354 g/mol. The number of halogens is 1. The number of rotatable bonds is 4. The highest BCUT2D eigenvalue weighted by Gasteiger charge is 2.36. The number of carbonyl (C=O) groups is 1. The third-order valence-electron chi connectivity index (χ3n) is 5.32. The van der Waals surface area contributed by atoms with Gasteiger partial charge in [0.05, 0.1) is 10.6 Å². The van der Waals surface area contributed by atoms with E-state index < -0.39 is 5.97 Å². The molecule has 128 valence electrons. The van der Waals surface area contributed by atoms with E-state index in [-0.39, 0.29) is 5.56 Å². The fourth-order valence-corrected chi connectivity index (χ4v) is 4.32. The Labute approximate surface area is 152 Å². The van der Waals surface area contributed by atoms with Crippen LogP contribution in [0.1, 0.15) is 40.7 Å². The zero-order valence-corrected chi connectivity index (χ0v) is 14.6. The van der Waals surface area contributed by atoms with Crippen molar-refractivity contribution in [3.05, 3.63) is 76.3 Å². The second-order valence-corrected chi connectivity index (χ2v) is 7.26. The highest BCUT2D eigenvalue weighted by molar-refractivity contribution is 6.33.